The van der Waals surface area contributed by atoms with Gasteiger partial charge in [0.15, 0.2) is 5.96 Å². The minimum absolute atomic E-state index is 0.00283. The number of carbonyl (C=O) groups is 5. The smallest absolute Gasteiger partial charge is 0.326 e. The SMILES string of the molecule is CC(C)CC(N)C(=O)NC(CC(N)=O)C(=O)NC(Cc1ccccc1)C(=O)NC(CCCN=C(N)N)C(=O)O. The Kier molecular flexibility index (Phi) is 14.0. The second-order valence-corrected chi connectivity index (χ2v) is 9.57. The summed E-state index contributed by atoms with van der Waals surface area (Å²) in [4.78, 5) is 66.0. The molecule has 0 saturated carbocycles. The largest absolute Gasteiger partial charge is 0.480 e. The van der Waals surface area contributed by atoms with Crippen molar-refractivity contribution in [1.29, 1.82) is 0 Å². The predicted octanol–water partition coefficient (Wildman–Crippen LogP) is -1.93. The Balaban J connectivity index is 3.10. The van der Waals surface area contributed by atoms with Crippen molar-refractivity contribution >= 4 is 35.6 Å². The van der Waals surface area contributed by atoms with E-state index in [1.54, 1.807) is 30.3 Å². The number of nitrogens with two attached hydrogens (primary N) is 4. The second kappa shape index (κ2) is 16.6. The molecular formula is C25H40N8O6. The fraction of sp³-hybridized carbons (Fsp3) is 0.520. The van der Waals surface area contributed by atoms with E-state index < -0.39 is 60.2 Å². The normalized spacial score (nSPS) is 13.8. The zero-order valence-corrected chi connectivity index (χ0v) is 22.3. The molecule has 14 nitrogen and oxygen atoms in total. The highest BCUT2D eigenvalue weighted by Gasteiger charge is 2.31. The Bertz CT molecular complexity index is 1010. The van der Waals surface area contributed by atoms with Crippen LogP contribution in [0.4, 0.5) is 0 Å². The van der Waals surface area contributed by atoms with Crippen LogP contribution in [0.15, 0.2) is 35.3 Å². The summed E-state index contributed by atoms with van der Waals surface area (Å²) in [6.07, 6.45) is 0.110. The highest BCUT2D eigenvalue weighted by Crippen LogP contribution is 2.08. The first-order chi connectivity index (χ1) is 18.3. The number of hydrogen-bond donors (Lipinski definition) is 8. The number of guanidine groups is 1. The lowest BCUT2D eigenvalue weighted by atomic mass is 10.0. The van der Waals surface area contributed by atoms with Gasteiger partial charge in [0.05, 0.1) is 12.5 Å². The van der Waals surface area contributed by atoms with E-state index in [1.807, 2.05) is 13.8 Å². The van der Waals surface area contributed by atoms with Gasteiger partial charge in [0, 0.05) is 13.0 Å². The van der Waals surface area contributed by atoms with E-state index in [1.165, 1.54) is 0 Å². The number of carboxylic acids is 1. The van der Waals surface area contributed by atoms with Gasteiger partial charge in [0.2, 0.25) is 23.6 Å². The number of carbonyl (C=O) groups excluding carboxylic acids is 4. The topological polar surface area (TPSA) is 258 Å². The maximum absolute atomic E-state index is 13.2. The maximum Gasteiger partial charge on any atom is 0.326 e. The highest BCUT2D eigenvalue weighted by molar-refractivity contribution is 5.96. The molecule has 14 heteroatoms. The van der Waals surface area contributed by atoms with Crippen LogP contribution in [0.2, 0.25) is 0 Å². The van der Waals surface area contributed by atoms with Crippen LogP contribution in [0.25, 0.3) is 0 Å². The Labute approximate surface area is 227 Å². The molecule has 4 amide bonds. The highest BCUT2D eigenvalue weighted by atomic mass is 16.4. The minimum atomic E-state index is -1.39. The Hall–Kier alpha value is -4.20. The van der Waals surface area contributed by atoms with Gasteiger partial charge in [-0.25, -0.2) is 4.79 Å². The van der Waals surface area contributed by atoms with Crippen LogP contribution < -0.4 is 38.9 Å². The molecule has 12 N–H and O–H groups in total. The first-order valence-corrected chi connectivity index (χ1v) is 12.6. The minimum Gasteiger partial charge on any atom is -0.480 e. The number of benzene rings is 1. The van der Waals surface area contributed by atoms with Crippen molar-refractivity contribution in [3.63, 3.8) is 0 Å². The Morgan fingerprint density at radius 3 is 1.97 bits per heavy atom. The van der Waals surface area contributed by atoms with Gasteiger partial charge >= 0.3 is 5.97 Å². The van der Waals surface area contributed by atoms with E-state index in [2.05, 4.69) is 20.9 Å². The summed E-state index contributed by atoms with van der Waals surface area (Å²) in [7, 11) is 0. The quantitative estimate of drug-likeness (QED) is 0.0611. The number of nitrogens with one attached hydrogen (secondary N) is 3. The van der Waals surface area contributed by atoms with Crippen molar-refractivity contribution in [2.75, 3.05) is 6.54 Å². The zero-order valence-electron chi connectivity index (χ0n) is 22.3. The molecule has 0 aromatic heterocycles. The van der Waals surface area contributed by atoms with Crippen molar-refractivity contribution in [3.05, 3.63) is 35.9 Å². The lowest BCUT2D eigenvalue weighted by Gasteiger charge is -2.25. The number of primary amides is 1. The van der Waals surface area contributed by atoms with Crippen LogP contribution in [0.1, 0.15) is 45.1 Å². The third kappa shape index (κ3) is 13.2. The molecule has 1 aromatic carbocycles. The molecule has 0 aliphatic rings. The molecule has 216 valence electrons. The van der Waals surface area contributed by atoms with E-state index in [0.717, 1.165) is 0 Å². The molecule has 1 aromatic rings. The number of carboxylic acid groups (broad SMARTS) is 1. The van der Waals surface area contributed by atoms with Gasteiger partial charge in [0.25, 0.3) is 0 Å². The molecule has 0 radical (unpaired) electrons. The van der Waals surface area contributed by atoms with Gasteiger partial charge in [0.1, 0.15) is 18.1 Å². The van der Waals surface area contributed by atoms with Crippen LogP contribution in [0.3, 0.4) is 0 Å². The van der Waals surface area contributed by atoms with Gasteiger partial charge in [-0.2, -0.15) is 0 Å². The van der Waals surface area contributed by atoms with E-state index in [0.29, 0.717) is 12.0 Å². The average Bonchev–Trinajstić information content (AvgIpc) is 2.84. The molecule has 0 fully saturated rings. The lowest BCUT2D eigenvalue weighted by Crippen LogP contribution is -2.58. The molecule has 0 spiro atoms. The first-order valence-electron chi connectivity index (χ1n) is 12.6. The van der Waals surface area contributed by atoms with Gasteiger partial charge in [-0.15, -0.1) is 0 Å². The van der Waals surface area contributed by atoms with Crippen molar-refractivity contribution < 1.29 is 29.1 Å². The van der Waals surface area contributed by atoms with Gasteiger partial charge in [-0.3, -0.25) is 24.2 Å². The fourth-order valence-electron chi connectivity index (χ4n) is 3.67. The molecule has 0 aliphatic heterocycles. The van der Waals surface area contributed by atoms with Crippen molar-refractivity contribution in [2.45, 2.75) is 70.1 Å². The van der Waals surface area contributed by atoms with Gasteiger partial charge in [-0.1, -0.05) is 44.2 Å². The standard InChI is InChI=1S/C25H40N8O6/c1-14(2)11-16(26)21(35)32-19(13-20(27)34)23(37)33-18(12-15-7-4-3-5-8-15)22(36)31-17(24(38)39)9-6-10-30-25(28)29/h3-5,7-8,14,16-19H,6,9-13,26H2,1-2H3,(H2,27,34)(H,31,36)(H,32,35)(H,33,37)(H,38,39)(H4,28,29,30). The van der Waals surface area contributed by atoms with Crippen LogP contribution >= 0.6 is 0 Å². The van der Waals surface area contributed by atoms with E-state index in [4.69, 9.17) is 22.9 Å². The number of rotatable bonds is 17. The van der Waals surface area contributed by atoms with Crippen LogP contribution in [0, 0.1) is 5.92 Å². The number of aliphatic imine (C=N–C) groups is 1. The van der Waals surface area contributed by atoms with E-state index in [-0.39, 0.29) is 37.7 Å². The fourth-order valence-corrected chi connectivity index (χ4v) is 3.67. The monoisotopic (exact) mass is 548 g/mol. The summed E-state index contributed by atoms with van der Waals surface area (Å²) < 4.78 is 0. The zero-order chi connectivity index (χ0) is 29.5. The molecular weight excluding hydrogens is 508 g/mol. The molecule has 0 bridgehead atoms. The maximum atomic E-state index is 13.2. The summed E-state index contributed by atoms with van der Waals surface area (Å²) in [5.74, 6) is -4.45. The van der Waals surface area contributed by atoms with Crippen molar-refractivity contribution in [1.82, 2.24) is 16.0 Å². The number of aliphatic carboxylic acids is 1. The summed E-state index contributed by atoms with van der Waals surface area (Å²) in [6, 6.07) is 3.86. The van der Waals surface area contributed by atoms with Crippen molar-refractivity contribution in [2.24, 2.45) is 33.8 Å². The van der Waals surface area contributed by atoms with E-state index in [9.17, 15) is 29.1 Å². The molecule has 4 atom stereocenters. The van der Waals surface area contributed by atoms with Gasteiger partial charge in [-0.05, 0) is 30.7 Å². The molecule has 0 saturated heterocycles. The molecule has 0 heterocycles. The van der Waals surface area contributed by atoms with Crippen LogP contribution in [0.5, 0.6) is 0 Å². The number of nitrogens with zero attached hydrogens (tertiary/aromatic N) is 1. The molecule has 4 unspecified atom stereocenters. The molecule has 0 aliphatic carbocycles. The third-order valence-electron chi connectivity index (χ3n) is 5.58. The predicted molar refractivity (Wildman–Crippen MR) is 145 cm³/mol. The number of amides is 4. The number of hydrogen-bond acceptors (Lipinski definition) is 7. The van der Waals surface area contributed by atoms with Crippen molar-refractivity contribution in [3.8, 4) is 0 Å². The summed E-state index contributed by atoms with van der Waals surface area (Å²) >= 11 is 0. The summed E-state index contributed by atoms with van der Waals surface area (Å²) in [5.41, 5.74) is 22.4. The first kappa shape index (κ1) is 32.8. The molecule has 1 rings (SSSR count). The van der Waals surface area contributed by atoms with Gasteiger partial charge < -0.3 is 44.0 Å². The Morgan fingerprint density at radius 1 is 0.872 bits per heavy atom. The second-order valence-electron chi connectivity index (χ2n) is 9.57. The average molecular weight is 549 g/mol. The third-order valence-corrected chi connectivity index (χ3v) is 5.58. The Morgan fingerprint density at radius 2 is 1.44 bits per heavy atom. The van der Waals surface area contributed by atoms with E-state index >= 15 is 0 Å². The summed E-state index contributed by atoms with van der Waals surface area (Å²) in [5, 5.41) is 17.0. The van der Waals surface area contributed by atoms with Crippen LogP contribution in [-0.2, 0) is 30.4 Å². The summed E-state index contributed by atoms with van der Waals surface area (Å²) in [6.45, 7) is 3.91. The van der Waals surface area contributed by atoms with Crippen LogP contribution in [-0.4, -0.2) is 71.4 Å². The lowest BCUT2D eigenvalue weighted by molar-refractivity contribution is -0.142. The molecule has 39 heavy (non-hydrogen) atoms.